The number of hydrogen-bond acceptors (Lipinski definition) is 3. The summed E-state index contributed by atoms with van der Waals surface area (Å²) >= 11 is 0. The van der Waals surface area contributed by atoms with E-state index in [2.05, 4.69) is 32.6 Å². The standard InChI is InChI=1S/C15H30N2O2/c1-8-16(9-2)15(7)10-12(3)17(11-15)13(18)19-14(4,5)6/h12H,8-11H2,1-7H3. The molecule has 0 radical (unpaired) electrons. The fourth-order valence-electron chi connectivity index (χ4n) is 3.12. The van der Waals surface area contributed by atoms with Gasteiger partial charge in [-0.3, -0.25) is 4.90 Å². The molecule has 1 saturated heterocycles. The van der Waals surface area contributed by atoms with Crippen LogP contribution in [-0.2, 0) is 4.74 Å². The van der Waals surface area contributed by atoms with E-state index in [4.69, 9.17) is 4.74 Å². The van der Waals surface area contributed by atoms with Gasteiger partial charge in [-0.2, -0.15) is 0 Å². The van der Waals surface area contributed by atoms with E-state index < -0.39 is 5.60 Å². The second-order valence-electron chi connectivity index (χ2n) is 6.83. The van der Waals surface area contributed by atoms with Crippen LogP contribution in [0.5, 0.6) is 0 Å². The molecule has 0 N–H and O–H groups in total. The molecule has 4 nitrogen and oxygen atoms in total. The molecule has 0 aromatic carbocycles. The molecule has 0 aromatic heterocycles. The predicted molar refractivity (Wildman–Crippen MR) is 78.3 cm³/mol. The lowest BCUT2D eigenvalue weighted by Crippen LogP contribution is -2.49. The van der Waals surface area contributed by atoms with Crippen LogP contribution >= 0.6 is 0 Å². The van der Waals surface area contributed by atoms with Gasteiger partial charge in [-0.05, 0) is 54.1 Å². The van der Waals surface area contributed by atoms with E-state index >= 15 is 0 Å². The first kappa shape index (κ1) is 16.3. The van der Waals surface area contributed by atoms with Gasteiger partial charge in [0.1, 0.15) is 5.60 Å². The van der Waals surface area contributed by atoms with Gasteiger partial charge >= 0.3 is 6.09 Å². The predicted octanol–water partition coefficient (Wildman–Crippen LogP) is 3.12. The van der Waals surface area contributed by atoms with Crippen LogP contribution in [0.15, 0.2) is 0 Å². The molecule has 0 spiro atoms. The number of likely N-dealkylation sites (tertiary alicyclic amines) is 1. The highest BCUT2D eigenvalue weighted by Gasteiger charge is 2.44. The quantitative estimate of drug-likeness (QED) is 0.790. The van der Waals surface area contributed by atoms with Gasteiger partial charge < -0.3 is 9.64 Å². The molecular weight excluding hydrogens is 240 g/mol. The van der Waals surface area contributed by atoms with Crippen LogP contribution in [0.4, 0.5) is 4.79 Å². The van der Waals surface area contributed by atoms with Crippen molar-refractivity contribution in [2.45, 2.75) is 72.1 Å². The molecule has 1 aliphatic heterocycles. The molecule has 0 aliphatic carbocycles. The van der Waals surface area contributed by atoms with Gasteiger partial charge in [0.15, 0.2) is 0 Å². The number of likely N-dealkylation sites (N-methyl/N-ethyl adjacent to an activating group) is 1. The van der Waals surface area contributed by atoms with E-state index in [9.17, 15) is 4.79 Å². The SMILES string of the molecule is CCN(CC)C1(C)CC(C)N(C(=O)OC(C)(C)C)C1. The molecule has 0 aromatic rings. The van der Waals surface area contributed by atoms with E-state index in [-0.39, 0.29) is 17.7 Å². The number of hydrogen-bond donors (Lipinski definition) is 0. The monoisotopic (exact) mass is 270 g/mol. The number of nitrogens with zero attached hydrogens (tertiary/aromatic N) is 2. The topological polar surface area (TPSA) is 32.8 Å². The Kier molecular flexibility index (Phi) is 4.88. The fourth-order valence-corrected chi connectivity index (χ4v) is 3.12. The summed E-state index contributed by atoms with van der Waals surface area (Å²) in [7, 11) is 0. The molecular formula is C15H30N2O2. The maximum atomic E-state index is 12.2. The van der Waals surface area contributed by atoms with Crippen molar-refractivity contribution in [1.29, 1.82) is 0 Å². The minimum absolute atomic E-state index is 0.0693. The summed E-state index contributed by atoms with van der Waals surface area (Å²) in [6.45, 7) is 17.2. The Morgan fingerprint density at radius 2 is 1.89 bits per heavy atom. The summed E-state index contributed by atoms with van der Waals surface area (Å²) in [5.41, 5.74) is -0.356. The first-order chi connectivity index (χ1) is 8.63. The third-order valence-corrected chi connectivity index (χ3v) is 3.93. The van der Waals surface area contributed by atoms with Crippen LogP contribution in [0.2, 0.25) is 0 Å². The maximum Gasteiger partial charge on any atom is 0.410 e. The summed E-state index contributed by atoms with van der Waals surface area (Å²) in [4.78, 5) is 16.6. The van der Waals surface area contributed by atoms with Crippen LogP contribution in [0.25, 0.3) is 0 Å². The molecule has 1 aliphatic rings. The van der Waals surface area contributed by atoms with E-state index in [0.717, 1.165) is 26.1 Å². The van der Waals surface area contributed by atoms with Crippen LogP contribution in [0, 0.1) is 0 Å². The smallest absolute Gasteiger partial charge is 0.410 e. The lowest BCUT2D eigenvalue weighted by Gasteiger charge is -2.37. The van der Waals surface area contributed by atoms with E-state index in [1.807, 2.05) is 25.7 Å². The third kappa shape index (κ3) is 3.85. The van der Waals surface area contributed by atoms with Gasteiger partial charge in [-0.15, -0.1) is 0 Å². The first-order valence-electron chi connectivity index (χ1n) is 7.37. The van der Waals surface area contributed by atoms with Gasteiger partial charge in [0, 0.05) is 18.1 Å². The van der Waals surface area contributed by atoms with Crippen molar-refractivity contribution < 1.29 is 9.53 Å². The van der Waals surface area contributed by atoms with Gasteiger partial charge in [-0.25, -0.2) is 4.79 Å². The fraction of sp³-hybridized carbons (Fsp3) is 0.933. The Morgan fingerprint density at radius 1 is 1.37 bits per heavy atom. The number of carbonyl (C=O) groups is 1. The molecule has 1 rings (SSSR count). The molecule has 112 valence electrons. The summed E-state index contributed by atoms with van der Waals surface area (Å²) in [6.07, 6.45) is 0.823. The van der Waals surface area contributed by atoms with Crippen LogP contribution in [0.3, 0.4) is 0 Å². The molecule has 2 atom stereocenters. The highest BCUT2D eigenvalue weighted by molar-refractivity contribution is 5.69. The zero-order valence-electron chi connectivity index (χ0n) is 13.6. The summed E-state index contributed by atoms with van der Waals surface area (Å²) in [6, 6.07) is 0.237. The molecule has 1 amide bonds. The Labute approximate surface area is 118 Å². The van der Waals surface area contributed by atoms with Crippen molar-refractivity contribution in [3.8, 4) is 0 Å². The second kappa shape index (κ2) is 5.70. The average molecular weight is 270 g/mol. The molecule has 0 saturated carbocycles. The second-order valence-corrected chi connectivity index (χ2v) is 6.83. The minimum atomic E-state index is -0.426. The summed E-state index contributed by atoms with van der Waals surface area (Å²) in [5, 5.41) is 0. The van der Waals surface area contributed by atoms with Gasteiger partial charge in [0.2, 0.25) is 0 Å². The third-order valence-electron chi connectivity index (χ3n) is 3.93. The normalized spacial score (nSPS) is 28.0. The van der Waals surface area contributed by atoms with Crippen molar-refractivity contribution in [2.24, 2.45) is 0 Å². The summed E-state index contributed by atoms with van der Waals surface area (Å²) in [5.74, 6) is 0. The van der Waals surface area contributed by atoms with Crippen molar-refractivity contribution in [2.75, 3.05) is 19.6 Å². The van der Waals surface area contributed by atoms with Crippen LogP contribution in [-0.4, -0.2) is 52.7 Å². The van der Waals surface area contributed by atoms with Gasteiger partial charge in [0.25, 0.3) is 0 Å². The highest BCUT2D eigenvalue weighted by Crippen LogP contribution is 2.32. The minimum Gasteiger partial charge on any atom is -0.444 e. The molecule has 1 heterocycles. The van der Waals surface area contributed by atoms with Crippen LogP contribution in [0.1, 0.15) is 54.9 Å². The Morgan fingerprint density at radius 3 is 2.32 bits per heavy atom. The Bertz CT molecular complexity index is 321. The molecule has 19 heavy (non-hydrogen) atoms. The Balaban J connectivity index is 2.77. The molecule has 0 bridgehead atoms. The maximum absolute atomic E-state index is 12.2. The van der Waals surface area contributed by atoms with Crippen molar-refractivity contribution in [3.05, 3.63) is 0 Å². The molecule has 2 unspecified atom stereocenters. The van der Waals surface area contributed by atoms with Crippen molar-refractivity contribution in [3.63, 3.8) is 0 Å². The van der Waals surface area contributed by atoms with E-state index in [1.165, 1.54) is 0 Å². The average Bonchev–Trinajstić information content (AvgIpc) is 2.54. The summed E-state index contributed by atoms with van der Waals surface area (Å²) < 4.78 is 5.50. The van der Waals surface area contributed by atoms with Gasteiger partial charge in [0.05, 0.1) is 0 Å². The molecule has 4 heteroatoms. The molecule has 1 fully saturated rings. The van der Waals surface area contributed by atoms with Crippen molar-refractivity contribution in [1.82, 2.24) is 9.80 Å². The number of amides is 1. The zero-order valence-corrected chi connectivity index (χ0v) is 13.6. The van der Waals surface area contributed by atoms with Gasteiger partial charge in [-0.1, -0.05) is 13.8 Å². The lowest BCUT2D eigenvalue weighted by atomic mass is 9.96. The number of ether oxygens (including phenoxy) is 1. The van der Waals surface area contributed by atoms with Crippen LogP contribution < -0.4 is 0 Å². The Hall–Kier alpha value is -0.770. The first-order valence-corrected chi connectivity index (χ1v) is 7.37. The highest BCUT2D eigenvalue weighted by atomic mass is 16.6. The lowest BCUT2D eigenvalue weighted by molar-refractivity contribution is 0.0206. The largest absolute Gasteiger partial charge is 0.444 e. The zero-order chi connectivity index (χ0) is 14.8. The van der Waals surface area contributed by atoms with Crippen molar-refractivity contribution >= 4 is 6.09 Å². The number of carbonyl (C=O) groups excluding carboxylic acids is 1. The van der Waals surface area contributed by atoms with E-state index in [0.29, 0.717) is 0 Å². The number of rotatable bonds is 3. The van der Waals surface area contributed by atoms with E-state index in [1.54, 1.807) is 0 Å².